The number of amides is 1. The largest absolute Gasteiger partial charge is 0.381 e. The Labute approximate surface area is 133 Å². The lowest BCUT2D eigenvalue weighted by molar-refractivity contribution is 0.0434. The minimum atomic E-state index is -0.393. The molecule has 0 atom stereocenters. The van der Waals surface area contributed by atoms with Crippen LogP contribution >= 0.6 is 35.0 Å². The zero-order valence-electron chi connectivity index (χ0n) is 11.2. The number of hydrogen-bond donors (Lipinski definition) is 1. The first-order valence-corrected chi connectivity index (χ1v) is 8.54. The average Bonchev–Trinajstić information content (AvgIpc) is 2.48. The number of nitrogens with one attached hydrogen (secondary N) is 1. The van der Waals surface area contributed by atoms with Crippen LogP contribution in [-0.4, -0.2) is 36.8 Å². The second-order valence-corrected chi connectivity index (χ2v) is 6.38. The lowest BCUT2D eigenvalue weighted by Gasteiger charge is -2.36. The van der Waals surface area contributed by atoms with Gasteiger partial charge in [-0.25, -0.2) is 0 Å². The highest BCUT2D eigenvalue weighted by molar-refractivity contribution is 7.98. The summed E-state index contributed by atoms with van der Waals surface area (Å²) in [6.07, 6.45) is 3.41. The molecule has 0 aliphatic carbocycles. The van der Waals surface area contributed by atoms with Gasteiger partial charge in [0, 0.05) is 24.0 Å². The van der Waals surface area contributed by atoms with E-state index >= 15 is 0 Å². The summed E-state index contributed by atoms with van der Waals surface area (Å²) < 4.78 is 5.33. The summed E-state index contributed by atoms with van der Waals surface area (Å²) in [7, 11) is 0. The third-order valence-electron chi connectivity index (χ3n) is 3.50. The summed E-state index contributed by atoms with van der Waals surface area (Å²) in [6.45, 7) is 1.23. The Kier molecular flexibility index (Phi) is 5.61. The lowest BCUT2D eigenvalue weighted by atomic mass is 9.92. The normalized spacial score (nSPS) is 17.8. The SMILES string of the molecule is CSc1ccc(Cl)c(C(=O)NC2(CCl)CCOCC2)c1. The van der Waals surface area contributed by atoms with E-state index in [4.69, 9.17) is 27.9 Å². The predicted octanol–water partition coefficient (Wildman–Crippen LogP) is 3.58. The Morgan fingerprint density at radius 2 is 2.15 bits per heavy atom. The van der Waals surface area contributed by atoms with Crippen LogP contribution in [-0.2, 0) is 4.74 Å². The van der Waals surface area contributed by atoms with E-state index in [9.17, 15) is 4.79 Å². The van der Waals surface area contributed by atoms with Crippen molar-refractivity contribution in [2.24, 2.45) is 0 Å². The number of ether oxygens (including phenoxy) is 1. The molecule has 2 rings (SSSR count). The van der Waals surface area contributed by atoms with E-state index in [0.29, 0.717) is 29.7 Å². The van der Waals surface area contributed by atoms with Crippen LogP contribution in [0.25, 0.3) is 0 Å². The molecule has 1 fully saturated rings. The van der Waals surface area contributed by atoms with Gasteiger partial charge >= 0.3 is 0 Å². The number of carbonyl (C=O) groups is 1. The van der Waals surface area contributed by atoms with Crippen molar-refractivity contribution >= 4 is 40.9 Å². The standard InChI is InChI=1S/C14H17Cl2NO2S/c1-20-10-2-3-12(16)11(8-10)13(18)17-14(9-15)4-6-19-7-5-14/h2-3,8H,4-7,9H2,1H3,(H,17,18). The Hall–Kier alpha value is -0.420. The first-order valence-electron chi connectivity index (χ1n) is 6.40. The zero-order valence-corrected chi connectivity index (χ0v) is 13.6. The van der Waals surface area contributed by atoms with Gasteiger partial charge in [-0.2, -0.15) is 0 Å². The van der Waals surface area contributed by atoms with Crippen molar-refractivity contribution in [1.29, 1.82) is 0 Å². The third kappa shape index (κ3) is 3.61. The Balaban J connectivity index is 2.18. The maximum absolute atomic E-state index is 12.5. The van der Waals surface area contributed by atoms with Crippen molar-refractivity contribution < 1.29 is 9.53 Å². The molecular weight excluding hydrogens is 317 g/mol. The molecule has 110 valence electrons. The molecule has 0 aromatic heterocycles. The molecule has 1 heterocycles. The summed E-state index contributed by atoms with van der Waals surface area (Å²) >= 11 is 13.8. The van der Waals surface area contributed by atoms with Gasteiger partial charge in [0.2, 0.25) is 0 Å². The van der Waals surface area contributed by atoms with Gasteiger partial charge in [0.15, 0.2) is 0 Å². The smallest absolute Gasteiger partial charge is 0.253 e. The number of halogens is 2. The van der Waals surface area contributed by atoms with Crippen molar-refractivity contribution in [2.75, 3.05) is 25.3 Å². The van der Waals surface area contributed by atoms with E-state index in [1.54, 1.807) is 17.8 Å². The molecule has 20 heavy (non-hydrogen) atoms. The topological polar surface area (TPSA) is 38.3 Å². The highest BCUT2D eigenvalue weighted by Crippen LogP contribution is 2.26. The molecule has 1 aliphatic heterocycles. The van der Waals surface area contributed by atoms with Crippen molar-refractivity contribution in [1.82, 2.24) is 5.32 Å². The molecule has 0 radical (unpaired) electrons. The van der Waals surface area contributed by atoms with Crippen LogP contribution in [0.1, 0.15) is 23.2 Å². The molecule has 6 heteroatoms. The average molecular weight is 334 g/mol. The molecule has 1 amide bonds. The molecular formula is C14H17Cl2NO2S. The van der Waals surface area contributed by atoms with Gasteiger partial charge in [-0.1, -0.05) is 11.6 Å². The predicted molar refractivity (Wildman–Crippen MR) is 84.2 cm³/mol. The second kappa shape index (κ2) is 7.03. The van der Waals surface area contributed by atoms with Gasteiger partial charge in [-0.3, -0.25) is 4.79 Å². The molecule has 1 saturated heterocycles. The van der Waals surface area contributed by atoms with Gasteiger partial charge in [0.05, 0.1) is 16.1 Å². The summed E-state index contributed by atoms with van der Waals surface area (Å²) in [4.78, 5) is 13.5. The number of hydrogen-bond acceptors (Lipinski definition) is 3. The van der Waals surface area contributed by atoms with Crippen LogP contribution in [0, 0.1) is 0 Å². The Bertz CT molecular complexity index is 490. The summed E-state index contributed by atoms with van der Waals surface area (Å²) in [5.41, 5.74) is 0.102. The van der Waals surface area contributed by atoms with E-state index in [-0.39, 0.29) is 5.91 Å². The van der Waals surface area contributed by atoms with Crippen molar-refractivity contribution in [3.8, 4) is 0 Å². The van der Waals surface area contributed by atoms with Crippen LogP contribution in [0.2, 0.25) is 5.02 Å². The number of benzene rings is 1. The monoisotopic (exact) mass is 333 g/mol. The van der Waals surface area contributed by atoms with E-state index in [0.717, 1.165) is 17.7 Å². The minimum Gasteiger partial charge on any atom is -0.381 e. The maximum atomic E-state index is 12.5. The van der Waals surface area contributed by atoms with Gasteiger partial charge in [0.25, 0.3) is 5.91 Å². The van der Waals surface area contributed by atoms with Gasteiger partial charge in [0.1, 0.15) is 0 Å². The Morgan fingerprint density at radius 3 is 2.75 bits per heavy atom. The first kappa shape index (κ1) is 16.0. The number of thioether (sulfide) groups is 1. The molecule has 1 N–H and O–H groups in total. The maximum Gasteiger partial charge on any atom is 0.253 e. The van der Waals surface area contributed by atoms with E-state index in [1.807, 2.05) is 18.4 Å². The number of carbonyl (C=O) groups excluding carboxylic acids is 1. The highest BCUT2D eigenvalue weighted by atomic mass is 35.5. The third-order valence-corrected chi connectivity index (χ3v) is 5.07. The molecule has 0 saturated carbocycles. The molecule has 0 spiro atoms. The number of rotatable bonds is 4. The highest BCUT2D eigenvalue weighted by Gasteiger charge is 2.34. The van der Waals surface area contributed by atoms with Gasteiger partial charge in [-0.05, 0) is 37.3 Å². The molecule has 1 aromatic rings. The second-order valence-electron chi connectivity index (χ2n) is 4.83. The van der Waals surface area contributed by atoms with Crippen LogP contribution in [0.5, 0.6) is 0 Å². The lowest BCUT2D eigenvalue weighted by Crippen LogP contribution is -2.53. The molecule has 3 nitrogen and oxygen atoms in total. The van der Waals surface area contributed by atoms with Crippen LogP contribution in [0.3, 0.4) is 0 Å². The quantitative estimate of drug-likeness (QED) is 0.676. The van der Waals surface area contributed by atoms with E-state index in [1.165, 1.54) is 0 Å². The fourth-order valence-electron chi connectivity index (χ4n) is 2.17. The van der Waals surface area contributed by atoms with Crippen molar-refractivity contribution in [3.05, 3.63) is 28.8 Å². The first-order chi connectivity index (χ1) is 9.60. The number of alkyl halides is 1. The molecule has 0 unspecified atom stereocenters. The van der Waals surface area contributed by atoms with Crippen LogP contribution in [0.15, 0.2) is 23.1 Å². The molecule has 1 aromatic carbocycles. The fraction of sp³-hybridized carbons (Fsp3) is 0.500. The summed E-state index contributed by atoms with van der Waals surface area (Å²) in [5.74, 6) is 0.204. The van der Waals surface area contributed by atoms with Crippen LogP contribution in [0.4, 0.5) is 0 Å². The zero-order chi connectivity index (χ0) is 14.6. The molecule has 1 aliphatic rings. The van der Waals surface area contributed by atoms with Gasteiger partial charge < -0.3 is 10.1 Å². The van der Waals surface area contributed by atoms with Crippen LogP contribution < -0.4 is 5.32 Å². The summed E-state index contributed by atoms with van der Waals surface area (Å²) in [5, 5.41) is 3.50. The minimum absolute atomic E-state index is 0.173. The van der Waals surface area contributed by atoms with Crippen molar-refractivity contribution in [2.45, 2.75) is 23.3 Å². The van der Waals surface area contributed by atoms with Crippen molar-refractivity contribution in [3.63, 3.8) is 0 Å². The van der Waals surface area contributed by atoms with Gasteiger partial charge in [-0.15, -0.1) is 23.4 Å². The van der Waals surface area contributed by atoms with E-state index < -0.39 is 5.54 Å². The fourth-order valence-corrected chi connectivity index (χ4v) is 3.14. The molecule has 0 bridgehead atoms. The summed E-state index contributed by atoms with van der Waals surface area (Å²) in [6, 6.07) is 5.46. The van der Waals surface area contributed by atoms with E-state index in [2.05, 4.69) is 5.32 Å². The Morgan fingerprint density at radius 1 is 1.45 bits per heavy atom.